The third kappa shape index (κ3) is 2.52. The van der Waals surface area contributed by atoms with Crippen LogP contribution in [0.5, 0.6) is 0 Å². The van der Waals surface area contributed by atoms with Crippen LogP contribution in [-0.4, -0.2) is 0 Å². The summed E-state index contributed by atoms with van der Waals surface area (Å²) in [5.41, 5.74) is 10.4. The molecule has 0 saturated heterocycles. The molecule has 114 valence electrons. The number of allylic oxidation sites excluding steroid dienone is 1. The maximum absolute atomic E-state index is 2.45. The zero-order valence-electron chi connectivity index (χ0n) is 14.2. The van der Waals surface area contributed by atoms with E-state index in [1.807, 2.05) is 0 Å². The van der Waals surface area contributed by atoms with Crippen molar-refractivity contribution in [3.63, 3.8) is 0 Å². The van der Waals surface area contributed by atoms with Gasteiger partial charge in [-0.25, -0.2) is 0 Å². The maximum Gasteiger partial charge on any atom is -0.00577 e. The summed E-state index contributed by atoms with van der Waals surface area (Å²) in [5, 5.41) is 0. The number of aryl methyl sites for hydroxylation is 1. The minimum atomic E-state index is 0.546. The highest BCUT2D eigenvalue weighted by Crippen LogP contribution is 2.41. The Morgan fingerprint density at radius 1 is 0.955 bits per heavy atom. The quantitative estimate of drug-likeness (QED) is 0.612. The second-order valence-corrected chi connectivity index (χ2v) is 6.60. The van der Waals surface area contributed by atoms with Gasteiger partial charge >= 0.3 is 0 Å². The molecule has 0 bridgehead atoms. The Hall–Kier alpha value is -1.82. The van der Waals surface area contributed by atoms with Gasteiger partial charge in [-0.1, -0.05) is 75.7 Å². The van der Waals surface area contributed by atoms with E-state index in [9.17, 15) is 0 Å². The van der Waals surface area contributed by atoms with Gasteiger partial charge in [0.25, 0.3) is 0 Å². The van der Waals surface area contributed by atoms with Crippen LogP contribution in [0.25, 0.3) is 17.2 Å². The fourth-order valence-corrected chi connectivity index (χ4v) is 3.58. The molecule has 2 aromatic rings. The van der Waals surface area contributed by atoms with Crippen molar-refractivity contribution in [3.8, 4) is 11.1 Å². The van der Waals surface area contributed by atoms with Crippen LogP contribution < -0.4 is 0 Å². The summed E-state index contributed by atoms with van der Waals surface area (Å²) in [6, 6.07) is 13.6. The van der Waals surface area contributed by atoms with Crippen LogP contribution >= 0.6 is 0 Å². The van der Waals surface area contributed by atoms with E-state index in [2.05, 4.69) is 70.2 Å². The summed E-state index contributed by atoms with van der Waals surface area (Å²) in [5.74, 6) is 0.546. The molecule has 0 nitrogen and oxygen atoms in total. The zero-order valence-corrected chi connectivity index (χ0v) is 14.2. The van der Waals surface area contributed by atoms with Crippen molar-refractivity contribution >= 4 is 6.08 Å². The molecular weight excluding hydrogens is 264 g/mol. The highest BCUT2D eigenvalue weighted by molar-refractivity contribution is 5.85. The Bertz CT molecular complexity index is 717. The van der Waals surface area contributed by atoms with E-state index in [0.717, 1.165) is 19.3 Å². The van der Waals surface area contributed by atoms with Gasteiger partial charge in [-0.2, -0.15) is 0 Å². The average molecular weight is 290 g/mol. The van der Waals surface area contributed by atoms with Gasteiger partial charge in [0.15, 0.2) is 0 Å². The molecule has 0 saturated carbocycles. The van der Waals surface area contributed by atoms with Gasteiger partial charge in [-0.3, -0.25) is 0 Å². The Labute approximate surface area is 134 Å². The highest BCUT2D eigenvalue weighted by Gasteiger charge is 2.21. The van der Waals surface area contributed by atoms with E-state index >= 15 is 0 Å². The van der Waals surface area contributed by atoms with E-state index in [-0.39, 0.29) is 0 Å². The largest absolute Gasteiger partial charge is 0.0655 e. The van der Waals surface area contributed by atoms with E-state index in [1.165, 1.54) is 33.4 Å². The SMILES string of the molecule is CCC1=Cc2c(ccc(C(C)C)c2-c2ccccc2CC)C1. The lowest BCUT2D eigenvalue weighted by Crippen LogP contribution is -1.99. The first-order valence-corrected chi connectivity index (χ1v) is 8.59. The van der Waals surface area contributed by atoms with Crippen molar-refractivity contribution in [3.05, 3.63) is 64.2 Å². The van der Waals surface area contributed by atoms with Crippen LogP contribution in [-0.2, 0) is 12.8 Å². The Kier molecular flexibility index (Phi) is 4.20. The fourth-order valence-electron chi connectivity index (χ4n) is 3.58. The molecule has 1 aliphatic carbocycles. The number of hydrogen-bond acceptors (Lipinski definition) is 0. The Morgan fingerprint density at radius 3 is 2.41 bits per heavy atom. The third-order valence-electron chi connectivity index (χ3n) is 4.88. The molecule has 0 spiro atoms. The van der Waals surface area contributed by atoms with Crippen molar-refractivity contribution in [1.29, 1.82) is 0 Å². The second-order valence-electron chi connectivity index (χ2n) is 6.60. The van der Waals surface area contributed by atoms with Crippen molar-refractivity contribution in [2.45, 2.75) is 52.9 Å². The molecule has 0 amide bonds. The fraction of sp³-hybridized carbons (Fsp3) is 0.364. The molecular formula is C22H26. The van der Waals surface area contributed by atoms with Gasteiger partial charge in [-0.05, 0) is 58.6 Å². The van der Waals surface area contributed by atoms with E-state index in [0.29, 0.717) is 5.92 Å². The molecule has 0 unspecified atom stereocenters. The molecule has 3 rings (SSSR count). The predicted molar refractivity (Wildman–Crippen MR) is 97.3 cm³/mol. The number of rotatable bonds is 4. The van der Waals surface area contributed by atoms with Crippen LogP contribution in [0.1, 0.15) is 62.3 Å². The molecule has 0 radical (unpaired) electrons. The van der Waals surface area contributed by atoms with Crippen LogP contribution in [0, 0.1) is 0 Å². The first kappa shape index (κ1) is 15.1. The summed E-state index contributed by atoms with van der Waals surface area (Å²) in [6.07, 6.45) is 5.82. The summed E-state index contributed by atoms with van der Waals surface area (Å²) in [4.78, 5) is 0. The van der Waals surface area contributed by atoms with Crippen molar-refractivity contribution < 1.29 is 0 Å². The standard InChI is InChI=1S/C22H26/c1-5-16-13-18-11-12-19(15(3)4)22(21(18)14-16)20-10-8-7-9-17(20)6-2/h7-12,14-15H,5-6,13H2,1-4H3. The second kappa shape index (κ2) is 6.12. The molecule has 0 aromatic heterocycles. The maximum atomic E-state index is 2.45. The first-order valence-electron chi connectivity index (χ1n) is 8.59. The Morgan fingerprint density at radius 2 is 1.73 bits per heavy atom. The molecule has 2 aromatic carbocycles. The Balaban J connectivity index is 2.29. The first-order chi connectivity index (χ1) is 10.7. The monoisotopic (exact) mass is 290 g/mol. The van der Waals surface area contributed by atoms with Crippen LogP contribution in [0.15, 0.2) is 42.0 Å². The van der Waals surface area contributed by atoms with E-state index in [1.54, 1.807) is 5.57 Å². The molecule has 0 N–H and O–H groups in total. The van der Waals surface area contributed by atoms with Crippen molar-refractivity contribution in [1.82, 2.24) is 0 Å². The molecule has 0 aliphatic heterocycles. The van der Waals surface area contributed by atoms with Gasteiger partial charge < -0.3 is 0 Å². The summed E-state index contributed by atoms with van der Waals surface area (Å²) < 4.78 is 0. The molecule has 22 heavy (non-hydrogen) atoms. The summed E-state index contributed by atoms with van der Waals surface area (Å²) >= 11 is 0. The minimum absolute atomic E-state index is 0.546. The van der Waals surface area contributed by atoms with Crippen molar-refractivity contribution in [2.75, 3.05) is 0 Å². The lowest BCUT2D eigenvalue weighted by atomic mass is 9.85. The van der Waals surface area contributed by atoms with Gasteiger partial charge in [0.2, 0.25) is 0 Å². The molecule has 1 aliphatic rings. The molecule has 0 fully saturated rings. The van der Waals surface area contributed by atoms with Gasteiger partial charge in [0, 0.05) is 0 Å². The van der Waals surface area contributed by atoms with Gasteiger partial charge in [0.1, 0.15) is 0 Å². The zero-order chi connectivity index (χ0) is 15.7. The predicted octanol–water partition coefficient (Wildman–Crippen LogP) is 6.39. The normalized spacial score (nSPS) is 13.4. The van der Waals surface area contributed by atoms with E-state index < -0.39 is 0 Å². The smallest absolute Gasteiger partial charge is 0.00577 e. The average Bonchev–Trinajstić information content (AvgIpc) is 2.97. The van der Waals surface area contributed by atoms with Crippen LogP contribution in [0.3, 0.4) is 0 Å². The number of benzene rings is 2. The van der Waals surface area contributed by atoms with Gasteiger partial charge in [-0.15, -0.1) is 0 Å². The lowest BCUT2D eigenvalue weighted by Gasteiger charge is -2.19. The third-order valence-corrected chi connectivity index (χ3v) is 4.88. The van der Waals surface area contributed by atoms with E-state index in [4.69, 9.17) is 0 Å². The van der Waals surface area contributed by atoms with Crippen LogP contribution in [0.4, 0.5) is 0 Å². The molecule has 0 heterocycles. The number of hydrogen-bond donors (Lipinski definition) is 0. The molecule has 0 atom stereocenters. The van der Waals surface area contributed by atoms with Crippen molar-refractivity contribution in [2.24, 2.45) is 0 Å². The summed E-state index contributed by atoms with van der Waals surface area (Å²) in [7, 11) is 0. The minimum Gasteiger partial charge on any atom is -0.0655 e. The molecule has 0 heteroatoms. The number of fused-ring (bicyclic) bond motifs is 1. The van der Waals surface area contributed by atoms with Crippen LogP contribution in [0.2, 0.25) is 0 Å². The summed E-state index contributed by atoms with van der Waals surface area (Å²) in [6.45, 7) is 9.13. The highest BCUT2D eigenvalue weighted by atomic mass is 14.2. The van der Waals surface area contributed by atoms with Gasteiger partial charge in [0.05, 0.1) is 0 Å². The topological polar surface area (TPSA) is 0 Å². The lowest BCUT2D eigenvalue weighted by molar-refractivity contribution is 0.867.